The molecule has 0 saturated carbocycles. The molecule has 0 aromatic rings. The number of aliphatic hydroxyl groups is 1. The molecule has 0 spiro atoms. The Labute approximate surface area is 60.7 Å². The summed E-state index contributed by atoms with van der Waals surface area (Å²) in [5.41, 5.74) is -1.43. The van der Waals surface area contributed by atoms with E-state index in [-0.39, 0.29) is 0 Å². The van der Waals surface area contributed by atoms with Crippen LogP contribution < -0.4 is 5.32 Å². The molecule has 0 amide bonds. The van der Waals surface area contributed by atoms with Gasteiger partial charge >= 0.3 is 0 Å². The van der Waals surface area contributed by atoms with Gasteiger partial charge in [-0.05, 0) is 13.8 Å². The van der Waals surface area contributed by atoms with E-state index in [2.05, 4.69) is 11.4 Å². The van der Waals surface area contributed by atoms with Crippen molar-refractivity contribution < 1.29 is 5.11 Å². The third-order valence-electron chi connectivity index (χ3n) is 2.28. The van der Waals surface area contributed by atoms with Crippen LogP contribution >= 0.6 is 0 Å². The highest BCUT2D eigenvalue weighted by Crippen LogP contribution is 2.32. The van der Waals surface area contributed by atoms with E-state index in [1.807, 2.05) is 0 Å². The predicted molar refractivity (Wildman–Crippen MR) is 37.2 cm³/mol. The molecule has 1 fully saturated rings. The van der Waals surface area contributed by atoms with E-state index in [0.29, 0.717) is 13.1 Å². The molecule has 0 radical (unpaired) electrons. The molecule has 3 nitrogen and oxygen atoms in total. The van der Waals surface area contributed by atoms with Gasteiger partial charge in [0, 0.05) is 13.1 Å². The van der Waals surface area contributed by atoms with E-state index in [1.165, 1.54) is 0 Å². The molecule has 1 aliphatic rings. The fourth-order valence-corrected chi connectivity index (χ4v) is 0.908. The second kappa shape index (κ2) is 1.94. The maximum atomic E-state index is 9.65. The number of hydrogen-bond donors (Lipinski definition) is 2. The molecule has 0 atom stereocenters. The van der Waals surface area contributed by atoms with E-state index in [9.17, 15) is 5.11 Å². The number of β-amino-alcohol motifs (C(OH)–C–C–N with tert-alkyl or cyclic N) is 1. The molecule has 1 rings (SSSR count). The topological polar surface area (TPSA) is 56.0 Å². The molecule has 0 unspecified atom stereocenters. The van der Waals surface area contributed by atoms with Gasteiger partial charge < -0.3 is 10.4 Å². The van der Waals surface area contributed by atoms with Gasteiger partial charge in [-0.3, -0.25) is 0 Å². The Hall–Kier alpha value is -0.590. The summed E-state index contributed by atoms with van der Waals surface area (Å²) >= 11 is 0. The molecule has 1 saturated heterocycles. The third kappa shape index (κ3) is 0.808. The van der Waals surface area contributed by atoms with E-state index < -0.39 is 11.0 Å². The van der Waals surface area contributed by atoms with Crippen molar-refractivity contribution in [2.45, 2.75) is 19.4 Å². The summed E-state index contributed by atoms with van der Waals surface area (Å²) in [6.07, 6.45) is 0. The average molecular weight is 140 g/mol. The Morgan fingerprint density at radius 3 is 2.20 bits per heavy atom. The molecule has 3 heteroatoms. The number of nitrogens with one attached hydrogen (secondary N) is 1. The van der Waals surface area contributed by atoms with Crippen molar-refractivity contribution in [2.75, 3.05) is 13.1 Å². The standard InChI is InChI=1S/C7H12N2O/c1-6(2,3-8)7(10)4-9-5-7/h9-10H,4-5H2,1-2H3. The molecule has 2 N–H and O–H groups in total. The lowest BCUT2D eigenvalue weighted by molar-refractivity contribution is -0.0793. The first-order chi connectivity index (χ1) is 4.52. The van der Waals surface area contributed by atoms with Crippen LogP contribution in [0.4, 0.5) is 0 Å². The largest absolute Gasteiger partial charge is 0.386 e. The van der Waals surface area contributed by atoms with Gasteiger partial charge in [0.15, 0.2) is 0 Å². The SMILES string of the molecule is CC(C)(C#N)C1(O)CNC1. The molecule has 0 aliphatic carbocycles. The number of hydrogen-bond acceptors (Lipinski definition) is 3. The fourth-order valence-electron chi connectivity index (χ4n) is 0.908. The zero-order chi connectivity index (χ0) is 7.83. The summed E-state index contributed by atoms with van der Waals surface area (Å²) in [7, 11) is 0. The minimum atomic E-state index is -0.804. The van der Waals surface area contributed by atoms with Crippen LogP contribution in [-0.4, -0.2) is 23.8 Å². The van der Waals surface area contributed by atoms with Crippen molar-refractivity contribution in [1.82, 2.24) is 5.32 Å². The first-order valence-corrected chi connectivity index (χ1v) is 3.36. The Morgan fingerprint density at radius 1 is 1.60 bits per heavy atom. The van der Waals surface area contributed by atoms with E-state index in [4.69, 9.17) is 5.26 Å². The Bertz CT molecular complexity index is 177. The van der Waals surface area contributed by atoms with Gasteiger partial charge in [-0.2, -0.15) is 5.26 Å². The first kappa shape index (κ1) is 7.52. The number of rotatable bonds is 1. The first-order valence-electron chi connectivity index (χ1n) is 3.36. The highest BCUT2D eigenvalue weighted by Gasteiger charge is 2.48. The summed E-state index contributed by atoms with van der Waals surface area (Å²) in [4.78, 5) is 0. The molecule has 0 aromatic heterocycles. The second-order valence-corrected chi connectivity index (χ2v) is 3.37. The van der Waals surface area contributed by atoms with Crippen molar-refractivity contribution in [3.8, 4) is 6.07 Å². The van der Waals surface area contributed by atoms with Crippen molar-refractivity contribution in [3.05, 3.63) is 0 Å². The van der Waals surface area contributed by atoms with Gasteiger partial charge in [-0.1, -0.05) is 0 Å². The van der Waals surface area contributed by atoms with Crippen LogP contribution in [-0.2, 0) is 0 Å². The van der Waals surface area contributed by atoms with Crippen LogP contribution in [0.25, 0.3) is 0 Å². The highest BCUT2D eigenvalue weighted by atomic mass is 16.3. The normalized spacial score (nSPS) is 23.0. The van der Waals surface area contributed by atoms with Gasteiger partial charge in [0.05, 0.1) is 11.5 Å². The molecule has 0 aromatic carbocycles. The Kier molecular flexibility index (Phi) is 1.46. The quantitative estimate of drug-likeness (QED) is 0.533. The fraction of sp³-hybridized carbons (Fsp3) is 0.857. The Balaban J connectivity index is 2.73. The molecule has 1 aliphatic heterocycles. The van der Waals surface area contributed by atoms with Crippen LogP contribution in [0.3, 0.4) is 0 Å². The van der Waals surface area contributed by atoms with Gasteiger partial charge in [-0.15, -0.1) is 0 Å². The summed E-state index contributed by atoms with van der Waals surface area (Å²) < 4.78 is 0. The maximum absolute atomic E-state index is 9.65. The highest BCUT2D eigenvalue weighted by molar-refractivity contribution is 5.12. The predicted octanol–water partition coefficient (Wildman–Crippen LogP) is -0.130. The average Bonchev–Trinajstić information content (AvgIpc) is 1.82. The molecule has 56 valence electrons. The zero-order valence-electron chi connectivity index (χ0n) is 6.31. The van der Waals surface area contributed by atoms with E-state index >= 15 is 0 Å². The van der Waals surface area contributed by atoms with E-state index in [0.717, 1.165) is 0 Å². The lowest BCUT2D eigenvalue weighted by Gasteiger charge is -2.45. The van der Waals surface area contributed by atoms with Crippen molar-refractivity contribution in [2.24, 2.45) is 5.41 Å². The minimum absolute atomic E-state index is 0.535. The summed E-state index contributed by atoms with van der Waals surface area (Å²) in [6, 6.07) is 2.09. The monoisotopic (exact) mass is 140 g/mol. The van der Waals surface area contributed by atoms with Gasteiger partial charge in [0.1, 0.15) is 5.60 Å². The van der Waals surface area contributed by atoms with Crippen LogP contribution in [0.15, 0.2) is 0 Å². The van der Waals surface area contributed by atoms with Gasteiger partial charge in [0.25, 0.3) is 0 Å². The minimum Gasteiger partial charge on any atom is -0.386 e. The van der Waals surface area contributed by atoms with Crippen LogP contribution in [0.1, 0.15) is 13.8 Å². The summed E-state index contributed by atoms with van der Waals surface area (Å²) in [5, 5.41) is 21.3. The smallest absolute Gasteiger partial charge is 0.107 e. The Morgan fingerprint density at radius 2 is 2.10 bits per heavy atom. The molecular weight excluding hydrogens is 128 g/mol. The molecular formula is C7H12N2O. The van der Waals surface area contributed by atoms with Crippen LogP contribution in [0.5, 0.6) is 0 Å². The summed E-state index contributed by atoms with van der Waals surface area (Å²) in [5.74, 6) is 0. The second-order valence-electron chi connectivity index (χ2n) is 3.37. The number of nitriles is 1. The maximum Gasteiger partial charge on any atom is 0.107 e. The lowest BCUT2D eigenvalue weighted by atomic mass is 9.72. The van der Waals surface area contributed by atoms with Crippen molar-refractivity contribution in [1.29, 1.82) is 5.26 Å². The van der Waals surface area contributed by atoms with Gasteiger partial charge in [0.2, 0.25) is 0 Å². The number of nitrogens with zero attached hydrogens (tertiary/aromatic N) is 1. The van der Waals surface area contributed by atoms with Crippen molar-refractivity contribution in [3.63, 3.8) is 0 Å². The molecule has 1 heterocycles. The third-order valence-corrected chi connectivity index (χ3v) is 2.28. The zero-order valence-corrected chi connectivity index (χ0v) is 6.31. The van der Waals surface area contributed by atoms with Crippen molar-refractivity contribution >= 4 is 0 Å². The van der Waals surface area contributed by atoms with E-state index in [1.54, 1.807) is 13.8 Å². The summed E-state index contributed by atoms with van der Waals surface area (Å²) in [6.45, 7) is 4.59. The van der Waals surface area contributed by atoms with Gasteiger partial charge in [-0.25, -0.2) is 0 Å². The molecule has 10 heavy (non-hydrogen) atoms. The molecule has 0 bridgehead atoms. The lowest BCUT2D eigenvalue weighted by Crippen LogP contribution is -2.66. The van der Waals surface area contributed by atoms with Crippen LogP contribution in [0, 0.1) is 16.7 Å². The van der Waals surface area contributed by atoms with Crippen LogP contribution in [0.2, 0.25) is 0 Å².